The minimum Gasteiger partial charge on any atom is -0.208 e. The van der Waals surface area contributed by atoms with Crippen LogP contribution in [0.4, 0.5) is 0 Å². The van der Waals surface area contributed by atoms with Crippen LogP contribution in [-0.2, 0) is 10.8 Å². The molecule has 1 aromatic heterocycles. The van der Waals surface area contributed by atoms with Gasteiger partial charge in [0.25, 0.3) is 0 Å². The molecular weight excluding hydrogens is 679 g/mol. The fourth-order valence-corrected chi connectivity index (χ4v) is 10.2. The molecule has 2 spiro atoms. The van der Waals surface area contributed by atoms with Crippen molar-refractivity contribution in [3.8, 4) is 45.3 Å². The van der Waals surface area contributed by atoms with E-state index in [0.717, 1.165) is 16.7 Å². The Kier molecular flexibility index (Phi) is 7.11. The molecule has 1 atom stereocenters. The second-order valence-corrected chi connectivity index (χ2v) is 15.0. The summed E-state index contributed by atoms with van der Waals surface area (Å²) in [6, 6.07) is 63.8. The maximum absolute atomic E-state index is 5.23. The number of fused-ring (bicyclic) bond motifs is 13. The van der Waals surface area contributed by atoms with Crippen molar-refractivity contribution in [3.05, 3.63) is 238 Å². The van der Waals surface area contributed by atoms with Gasteiger partial charge < -0.3 is 0 Å². The fraction of sp³-hybridized carbons (Fsp3) is 0.0755. The molecular formula is C53H37N3. The highest BCUT2D eigenvalue weighted by molar-refractivity contribution is 5.95. The highest BCUT2D eigenvalue weighted by Crippen LogP contribution is 2.67. The first-order valence-electron chi connectivity index (χ1n) is 19.4. The van der Waals surface area contributed by atoms with E-state index >= 15 is 0 Å². The number of benzene rings is 7. The average molecular weight is 716 g/mol. The predicted octanol–water partition coefficient (Wildman–Crippen LogP) is 12.2. The number of nitrogens with zero attached hydrogens (tertiary/aromatic N) is 3. The van der Waals surface area contributed by atoms with E-state index in [-0.39, 0.29) is 0 Å². The van der Waals surface area contributed by atoms with Crippen molar-refractivity contribution in [1.29, 1.82) is 0 Å². The van der Waals surface area contributed by atoms with Gasteiger partial charge in [0.1, 0.15) is 0 Å². The highest BCUT2D eigenvalue weighted by Gasteiger charge is 2.58. The van der Waals surface area contributed by atoms with Gasteiger partial charge in [-0.05, 0) is 86.7 Å². The van der Waals surface area contributed by atoms with E-state index in [9.17, 15) is 0 Å². The summed E-state index contributed by atoms with van der Waals surface area (Å²) in [6.07, 6.45) is 4.47. The summed E-state index contributed by atoms with van der Waals surface area (Å²) < 4.78 is 0. The van der Waals surface area contributed by atoms with E-state index in [4.69, 9.17) is 15.0 Å². The van der Waals surface area contributed by atoms with Gasteiger partial charge in [0.05, 0.1) is 10.8 Å². The van der Waals surface area contributed by atoms with Gasteiger partial charge in [0.15, 0.2) is 17.5 Å². The second kappa shape index (κ2) is 12.3. The van der Waals surface area contributed by atoms with E-state index in [1.165, 1.54) is 66.8 Å². The second-order valence-electron chi connectivity index (χ2n) is 15.0. The summed E-state index contributed by atoms with van der Waals surface area (Å²) in [4.78, 5) is 15.5. The van der Waals surface area contributed by atoms with Crippen molar-refractivity contribution in [2.24, 2.45) is 0 Å². The van der Waals surface area contributed by atoms with Crippen molar-refractivity contribution in [2.45, 2.75) is 24.7 Å². The number of hydrogen-bond donors (Lipinski definition) is 0. The molecule has 3 heteroatoms. The van der Waals surface area contributed by atoms with Crippen molar-refractivity contribution in [1.82, 2.24) is 15.0 Å². The lowest BCUT2D eigenvalue weighted by molar-refractivity contribution is 0.623. The van der Waals surface area contributed by atoms with Crippen LogP contribution in [0.1, 0.15) is 58.4 Å². The molecule has 8 aromatic rings. The van der Waals surface area contributed by atoms with Crippen LogP contribution in [0.25, 0.3) is 50.9 Å². The van der Waals surface area contributed by atoms with Gasteiger partial charge in [0.2, 0.25) is 0 Å². The van der Waals surface area contributed by atoms with Crippen molar-refractivity contribution < 1.29 is 0 Å². The molecule has 3 aliphatic carbocycles. The molecule has 0 bridgehead atoms. The highest BCUT2D eigenvalue weighted by atomic mass is 15.0. The predicted molar refractivity (Wildman–Crippen MR) is 227 cm³/mol. The normalized spacial score (nSPS) is 16.8. The molecule has 1 heterocycles. The maximum Gasteiger partial charge on any atom is 0.164 e. The molecule has 3 aliphatic rings. The zero-order valence-corrected chi connectivity index (χ0v) is 31.2. The van der Waals surface area contributed by atoms with Crippen LogP contribution in [0.5, 0.6) is 0 Å². The minimum atomic E-state index is -0.587. The molecule has 3 nitrogen and oxygen atoms in total. The van der Waals surface area contributed by atoms with Crippen molar-refractivity contribution >= 4 is 5.57 Å². The van der Waals surface area contributed by atoms with E-state index in [1.807, 2.05) is 36.4 Å². The Hall–Kier alpha value is -6.97. The summed E-state index contributed by atoms with van der Waals surface area (Å²) in [6.45, 7) is 4.47. The van der Waals surface area contributed by atoms with E-state index < -0.39 is 10.8 Å². The quantitative estimate of drug-likeness (QED) is 0.182. The van der Waals surface area contributed by atoms with Crippen molar-refractivity contribution in [3.63, 3.8) is 0 Å². The molecule has 0 saturated carbocycles. The van der Waals surface area contributed by atoms with Crippen LogP contribution >= 0.6 is 0 Å². The topological polar surface area (TPSA) is 38.7 Å². The van der Waals surface area contributed by atoms with Gasteiger partial charge >= 0.3 is 0 Å². The first-order chi connectivity index (χ1) is 27.7. The molecule has 1 unspecified atom stereocenters. The van der Waals surface area contributed by atoms with Crippen LogP contribution in [0, 0.1) is 0 Å². The lowest BCUT2D eigenvalue weighted by Gasteiger charge is -2.49. The van der Waals surface area contributed by atoms with Gasteiger partial charge in [-0.3, -0.25) is 0 Å². The van der Waals surface area contributed by atoms with E-state index in [0.29, 0.717) is 17.5 Å². The largest absolute Gasteiger partial charge is 0.208 e. The van der Waals surface area contributed by atoms with E-state index in [1.54, 1.807) is 0 Å². The summed E-state index contributed by atoms with van der Waals surface area (Å²) in [5.41, 5.74) is 17.3. The molecule has 7 aromatic carbocycles. The fourth-order valence-electron chi connectivity index (χ4n) is 10.2. The first-order valence-corrected chi connectivity index (χ1v) is 19.4. The maximum atomic E-state index is 5.23. The Labute approximate surface area is 327 Å². The Morgan fingerprint density at radius 1 is 0.375 bits per heavy atom. The smallest absolute Gasteiger partial charge is 0.164 e. The number of rotatable bonds is 4. The summed E-state index contributed by atoms with van der Waals surface area (Å²) in [5, 5.41) is 0. The van der Waals surface area contributed by atoms with Gasteiger partial charge in [-0.1, -0.05) is 182 Å². The van der Waals surface area contributed by atoms with Crippen LogP contribution in [0.2, 0.25) is 0 Å². The lowest BCUT2D eigenvalue weighted by Crippen LogP contribution is -2.44. The minimum absolute atomic E-state index is 0.517. The Morgan fingerprint density at radius 3 is 1.32 bits per heavy atom. The van der Waals surface area contributed by atoms with Crippen LogP contribution < -0.4 is 0 Å². The summed E-state index contributed by atoms with van der Waals surface area (Å²) in [7, 11) is 0. The molecule has 264 valence electrons. The first kappa shape index (κ1) is 32.5. The molecule has 0 saturated heterocycles. The van der Waals surface area contributed by atoms with Crippen LogP contribution in [0.3, 0.4) is 0 Å². The average Bonchev–Trinajstić information content (AvgIpc) is 3.70. The van der Waals surface area contributed by atoms with Crippen molar-refractivity contribution in [2.75, 3.05) is 0 Å². The number of hydrogen-bond acceptors (Lipinski definition) is 3. The molecule has 0 amide bonds. The Bertz CT molecular complexity index is 2840. The van der Waals surface area contributed by atoms with Gasteiger partial charge in [-0.25, -0.2) is 15.0 Å². The van der Waals surface area contributed by atoms with Crippen LogP contribution in [-0.4, -0.2) is 15.0 Å². The zero-order valence-electron chi connectivity index (χ0n) is 31.2. The monoisotopic (exact) mass is 715 g/mol. The third-order valence-electron chi connectivity index (χ3n) is 12.4. The Balaban J connectivity index is 1.28. The number of allylic oxidation sites excluding steroid dienone is 4. The van der Waals surface area contributed by atoms with E-state index in [2.05, 4.69) is 166 Å². The SMILES string of the molecule is C/C=C\C1=C(C)C2(c3ccccc31)c1ccccc1C1(c3ccccc3-c3ccccc31)c1cc(-c3nc(-c4ccccc4)nc(-c4ccccc4)n3)ccc12. The lowest BCUT2D eigenvalue weighted by atomic mass is 9.52. The van der Waals surface area contributed by atoms with Gasteiger partial charge in [-0.2, -0.15) is 0 Å². The van der Waals surface area contributed by atoms with Gasteiger partial charge in [-0.15, -0.1) is 0 Å². The molecule has 56 heavy (non-hydrogen) atoms. The summed E-state index contributed by atoms with van der Waals surface area (Å²) in [5.74, 6) is 1.95. The molecule has 0 aliphatic heterocycles. The third-order valence-corrected chi connectivity index (χ3v) is 12.4. The summed E-state index contributed by atoms with van der Waals surface area (Å²) >= 11 is 0. The van der Waals surface area contributed by atoms with Crippen LogP contribution in [0.15, 0.2) is 194 Å². The molecule has 0 N–H and O–H groups in total. The molecule has 0 fully saturated rings. The Morgan fingerprint density at radius 2 is 0.786 bits per heavy atom. The number of aromatic nitrogens is 3. The standard InChI is InChI=1S/C53H37N3/c1-3-18-38-34(2)52(42-26-13-10-23-39(38)42)45-29-16-17-30-46(45)53(43-27-14-11-24-40(43)41-25-12-15-28-44(41)53)48-33-37(31-32-47(48)52)51-55-49(35-19-6-4-7-20-35)54-50(56-51)36-21-8-5-9-22-36/h3-33H,1-2H3/b18-3-. The third kappa shape index (κ3) is 4.26. The molecule has 0 radical (unpaired) electrons. The zero-order chi connectivity index (χ0) is 37.4. The van der Waals surface area contributed by atoms with Gasteiger partial charge in [0, 0.05) is 16.7 Å². The molecule has 11 rings (SSSR count).